The smallest absolute Gasteiger partial charge is 0.262 e. The van der Waals surface area contributed by atoms with Gasteiger partial charge in [-0.05, 0) is 25.0 Å². The Hall–Kier alpha value is -3.33. The molecule has 0 atom stereocenters. The molecular weight excluding hydrogens is 390 g/mol. The van der Waals surface area contributed by atoms with Gasteiger partial charge in [-0.15, -0.1) is 11.3 Å². The number of amides is 1. The van der Waals surface area contributed by atoms with Crippen LogP contribution in [0.5, 0.6) is 0 Å². The van der Waals surface area contributed by atoms with Crippen molar-refractivity contribution < 1.29 is 9.32 Å². The largest absolute Gasteiger partial charge is 0.342 e. The summed E-state index contributed by atoms with van der Waals surface area (Å²) in [5.74, 6) is 0.591. The summed E-state index contributed by atoms with van der Waals surface area (Å²) in [6, 6.07) is 9.83. The minimum absolute atomic E-state index is 0.112. The molecule has 0 fully saturated rings. The van der Waals surface area contributed by atoms with Crippen molar-refractivity contribution in [1.29, 1.82) is 0 Å². The van der Waals surface area contributed by atoms with Crippen LogP contribution in [-0.4, -0.2) is 25.6 Å². The van der Waals surface area contributed by atoms with Gasteiger partial charge in [0, 0.05) is 13.0 Å². The summed E-state index contributed by atoms with van der Waals surface area (Å²) in [4.78, 5) is 34.8. The van der Waals surface area contributed by atoms with Crippen molar-refractivity contribution in [2.45, 2.75) is 33.4 Å². The Labute approximate surface area is 170 Å². The first-order valence-electron chi connectivity index (χ1n) is 9.19. The summed E-state index contributed by atoms with van der Waals surface area (Å²) in [6.07, 6.45) is 2.07. The molecule has 0 saturated heterocycles. The highest BCUT2D eigenvalue weighted by Gasteiger charge is 2.20. The number of carbonyl (C=O) groups excluding carboxylic acids is 1. The predicted octanol–water partition coefficient (Wildman–Crippen LogP) is 2.69. The third-order valence-electron chi connectivity index (χ3n) is 4.58. The molecule has 9 heteroatoms. The van der Waals surface area contributed by atoms with Gasteiger partial charge >= 0.3 is 0 Å². The fourth-order valence-electron chi connectivity index (χ4n) is 3.05. The molecule has 148 valence electrons. The molecule has 3 aromatic heterocycles. The molecule has 0 spiro atoms. The lowest BCUT2D eigenvalue weighted by Gasteiger charge is -2.01. The number of aryl methyl sites for hydroxylation is 2. The van der Waals surface area contributed by atoms with Crippen LogP contribution in [0, 0.1) is 6.92 Å². The number of fused-ring (bicyclic) bond motifs is 1. The van der Waals surface area contributed by atoms with Gasteiger partial charge in [0.05, 0.1) is 23.1 Å². The standard InChI is InChI=1S/C20H19N5O3S/c1-3-25-11-22-19-16(20(25)27)12(2)17(29-19)18(26)21-10-15-23-14(24-28-15)9-13-7-5-4-6-8-13/h4-8,11H,3,9-10H2,1-2H3,(H,21,26). The molecule has 0 radical (unpaired) electrons. The Morgan fingerprint density at radius 3 is 2.83 bits per heavy atom. The van der Waals surface area contributed by atoms with E-state index in [0.717, 1.165) is 5.56 Å². The van der Waals surface area contributed by atoms with Gasteiger partial charge in [-0.1, -0.05) is 35.5 Å². The van der Waals surface area contributed by atoms with Gasteiger partial charge in [0.1, 0.15) is 4.83 Å². The van der Waals surface area contributed by atoms with Crippen LogP contribution >= 0.6 is 11.3 Å². The van der Waals surface area contributed by atoms with E-state index in [2.05, 4.69) is 20.4 Å². The topological polar surface area (TPSA) is 103 Å². The van der Waals surface area contributed by atoms with E-state index in [1.54, 1.807) is 6.92 Å². The quantitative estimate of drug-likeness (QED) is 0.525. The highest BCUT2D eigenvalue weighted by atomic mass is 32.1. The Balaban J connectivity index is 1.47. The van der Waals surface area contributed by atoms with Crippen LogP contribution in [0.2, 0.25) is 0 Å². The third-order valence-corrected chi connectivity index (χ3v) is 5.78. The molecular formula is C20H19N5O3S. The van der Waals surface area contributed by atoms with Crippen molar-refractivity contribution >= 4 is 27.5 Å². The minimum Gasteiger partial charge on any atom is -0.342 e. The Morgan fingerprint density at radius 1 is 1.28 bits per heavy atom. The summed E-state index contributed by atoms with van der Waals surface area (Å²) in [5, 5.41) is 7.23. The van der Waals surface area contributed by atoms with Gasteiger partial charge in [0.25, 0.3) is 11.5 Å². The summed E-state index contributed by atoms with van der Waals surface area (Å²) >= 11 is 1.20. The number of benzene rings is 1. The molecule has 0 bridgehead atoms. The van der Waals surface area contributed by atoms with Crippen LogP contribution in [0.15, 0.2) is 46.0 Å². The monoisotopic (exact) mass is 409 g/mol. The minimum atomic E-state index is -0.296. The van der Waals surface area contributed by atoms with Gasteiger partial charge in [-0.2, -0.15) is 4.98 Å². The molecule has 1 amide bonds. The highest BCUT2D eigenvalue weighted by Crippen LogP contribution is 2.26. The average molecular weight is 409 g/mol. The third kappa shape index (κ3) is 3.81. The first-order valence-corrected chi connectivity index (χ1v) is 10.0. The maximum absolute atomic E-state index is 12.6. The Bertz CT molecular complexity index is 1230. The van der Waals surface area contributed by atoms with Crippen LogP contribution in [0.25, 0.3) is 10.2 Å². The number of rotatable bonds is 6. The van der Waals surface area contributed by atoms with E-state index in [1.165, 1.54) is 22.2 Å². The average Bonchev–Trinajstić information content (AvgIpc) is 3.32. The molecule has 4 aromatic rings. The maximum atomic E-state index is 12.6. The van der Waals surface area contributed by atoms with E-state index in [1.807, 2.05) is 37.3 Å². The molecule has 3 heterocycles. The normalized spacial score (nSPS) is 11.1. The van der Waals surface area contributed by atoms with Gasteiger partial charge in [0.2, 0.25) is 5.89 Å². The molecule has 0 aliphatic carbocycles. The van der Waals surface area contributed by atoms with Crippen LogP contribution in [0.3, 0.4) is 0 Å². The SMILES string of the molecule is CCn1cnc2sc(C(=O)NCc3nc(Cc4ccccc4)no3)c(C)c2c1=O. The van der Waals surface area contributed by atoms with E-state index in [9.17, 15) is 9.59 Å². The van der Waals surface area contributed by atoms with Crippen LogP contribution in [0.4, 0.5) is 0 Å². The number of hydrogen-bond acceptors (Lipinski definition) is 7. The molecule has 29 heavy (non-hydrogen) atoms. The second-order valence-electron chi connectivity index (χ2n) is 6.52. The van der Waals surface area contributed by atoms with Crippen molar-refractivity contribution in [3.63, 3.8) is 0 Å². The van der Waals surface area contributed by atoms with E-state index >= 15 is 0 Å². The van der Waals surface area contributed by atoms with Crippen molar-refractivity contribution in [3.8, 4) is 0 Å². The first-order chi connectivity index (χ1) is 14.1. The van der Waals surface area contributed by atoms with E-state index < -0.39 is 0 Å². The van der Waals surface area contributed by atoms with Gasteiger partial charge in [-0.25, -0.2) is 4.98 Å². The van der Waals surface area contributed by atoms with Crippen molar-refractivity contribution in [1.82, 2.24) is 25.0 Å². The Kier molecular flexibility index (Phi) is 5.22. The van der Waals surface area contributed by atoms with Gasteiger partial charge in [-0.3, -0.25) is 14.2 Å². The number of hydrogen-bond donors (Lipinski definition) is 1. The lowest BCUT2D eigenvalue weighted by Crippen LogP contribution is -2.23. The van der Waals surface area contributed by atoms with Crippen molar-refractivity contribution in [2.24, 2.45) is 0 Å². The van der Waals surface area contributed by atoms with Crippen LogP contribution < -0.4 is 10.9 Å². The molecule has 0 saturated carbocycles. The predicted molar refractivity (Wildman–Crippen MR) is 109 cm³/mol. The molecule has 1 aromatic carbocycles. The molecule has 0 unspecified atom stereocenters. The Morgan fingerprint density at radius 2 is 2.07 bits per heavy atom. The fourth-order valence-corrected chi connectivity index (χ4v) is 4.11. The zero-order valence-electron chi connectivity index (χ0n) is 16.0. The lowest BCUT2D eigenvalue weighted by atomic mass is 10.1. The molecule has 1 N–H and O–H groups in total. The number of aromatic nitrogens is 4. The maximum Gasteiger partial charge on any atom is 0.262 e. The number of carbonyl (C=O) groups is 1. The number of nitrogens with zero attached hydrogens (tertiary/aromatic N) is 4. The molecule has 8 nitrogen and oxygen atoms in total. The van der Waals surface area contributed by atoms with Crippen LogP contribution in [0.1, 0.15) is 39.4 Å². The zero-order valence-corrected chi connectivity index (χ0v) is 16.8. The second-order valence-corrected chi connectivity index (χ2v) is 7.52. The summed E-state index contributed by atoms with van der Waals surface area (Å²) < 4.78 is 6.75. The zero-order chi connectivity index (χ0) is 20.4. The van der Waals surface area contributed by atoms with E-state index in [4.69, 9.17) is 4.52 Å². The number of nitrogens with one attached hydrogen (secondary N) is 1. The summed E-state index contributed by atoms with van der Waals surface area (Å²) in [6.45, 7) is 4.28. The molecule has 0 aliphatic rings. The van der Waals surface area contributed by atoms with Crippen molar-refractivity contribution in [2.75, 3.05) is 0 Å². The second kappa shape index (κ2) is 7.96. The van der Waals surface area contributed by atoms with Crippen molar-refractivity contribution in [3.05, 3.63) is 74.7 Å². The highest BCUT2D eigenvalue weighted by molar-refractivity contribution is 7.20. The van der Waals surface area contributed by atoms with E-state index in [-0.39, 0.29) is 18.0 Å². The molecule has 4 rings (SSSR count). The number of thiophene rings is 1. The summed E-state index contributed by atoms with van der Waals surface area (Å²) in [5.41, 5.74) is 1.58. The first kappa shape index (κ1) is 19.0. The van der Waals surface area contributed by atoms with E-state index in [0.29, 0.717) is 45.3 Å². The molecule has 0 aliphatic heterocycles. The van der Waals surface area contributed by atoms with Gasteiger partial charge in [0.15, 0.2) is 5.82 Å². The fraction of sp³-hybridized carbons (Fsp3) is 0.250. The van der Waals surface area contributed by atoms with Crippen LogP contribution in [-0.2, 0) is 19.5 Å². The summed E-state index contributed by atoms with van der Waals surface area (Å²) in [7, 11) is 0. The lowest BCUT2D eigenvalue weighted by molar-refractivity contribution is 0.0950. The van der Waals surface area contributed by atoms with Gasteiger partial charge < -0.3 is 9.84 Å².